The normalized spacial score (nSPS) is 11.2. The average molecular weight is 387 g/mol. The quantitative estimate of drug-likeness (QED) is 0.482. The molecule has 0 unspecified atom stereocenters. The Labute approximate surface area is 169 Å². The molecule has 3 aromatic rings. The van der Waals surface area contributed by atoms with Crippen molar-refractivity contribution in [1.82, 2.24) is 4.57 Å². The summed E-state index contributed by atoms with van der Waals surface area (Å²) in [7, 11) is 0. The monoisotopic (exact) mass is 387 g/mol. The zero-order valence-electron chi connectivity index (χ0n) is 16.9. The summed E-state index contributed by atoms with van der Waals surface area (Å²) in [5, 5.41) is 12.1. The van der Waals surface area contributed by atoms with Gasteiger partial charge in [-0.25, -0.2) is 4.39 Å². The van der Waals surface area contributed by atoms with Crippen molar-refractivity contribution in [2.45, 2.75) is 27.7 Å². The Balaban J connectivity index is 1.95. The number of amides is 1. The van der Waals surface area contributed by atoms with E-state index in [0.717, 1.165) is 28.2 Å². The minimum Gasteiger partial charge on any atom is -0.321 e. The molecular weight excluding hydrogens is 365 g/mol. The van der Waals surface area contributed by atoms with Crippen LogP contribution >= 0.6 is 0 Å². The number of benzene rings is 2. The van der Waals surface area contributed by atoms with Crippen LogP contribution in [0.4, 0.5) is 10.1 Å². The van der Waals surface area contributed by atoms with E-state index in [-0.39, 0.29) is 5.57 Å². The molecule has 0 atom stereocenters. The van der Waals surface area contributed by atoms with Crippen LogP contribution in [0.5, 0.6) is 0 Å². The van der Waals surface area contributed by atoms with Gasteiger partial charge in [-0.2, -0.15) is 5.26 Å². The van der Waals surface area contributed by atoms with E-state index >= 15 is 0 Å². The first-order valence-corrected chi connectivity index (χ1v) is 9.25. The summed E-state index contributed by atoms with van der Waals surface area (Å²) in [6.45, 7) is 8.08. The number of carbonyl (C=O) groups is 1. The molecule has 146 valence electrons. The first kappa shape index (κ1) is 20.1. The first-order valence-electron chi connectivity index (χ1n) is 9.25. The summed E-state index contributed by atoms with van der Waals surface area (Å²) >= 11 is 0. The lowest BCUT2D eigenvalue weighted by Crippen LogP contribution is -2.13. The van der Waals surface area contributed by atoms with E-state index in [1.54, 1.807) is 6.08 Å². The molecule has 5 heteroatoms. The van der Waals surface area contributed by atoms with Gasteiger partial charge in [0.1, 0.15) is 17.5 Å². The lowest BCUT2D eigenvalue weighted by Gasteiger charge is -2.13. The van der Waals surface area contributed by atoms with E-state index in [1.807, 2.05) is 26.0 Å². The Morgan fingerprint density at radius 3 is 2.38 bits per heavy atom. The topological polar surface area (TPSA) is 57.8 Å². The molecule has 0 radical (unpaired) electrons. The highest BCUT2D eigenvalue weighted by Crippen LogP contribution is 2.25. The molecule has 1 aromatic heterocycles. The van der Waals surface area contributed by atoms with Crippen LogP contribution in [0.1, 0.15) is 28.1 Å². The second-order valence-corrected chi connectivity index (χ2v) is 7.08. The fraction of sp³-hybridized carbons (Fsp3) is 0.167. The molecule has 2 aromatic carbocycles. The van der Waals surface area contributed by atoms with Crippen LogP contribution in [0, 0.1) is 44.8 Å². The largest absolute Gasteiger partial charge is 0.321 e. The summed E-state index contributed by atoms with van der Waals surface area (Å²) in [5.74, 6) is -0.923. The predicted octanol–water partition coefficient (Wildman–Crippen LogP) is 5.40. The number of nitriles is 1. The Kier molecular flexibility index (Phi) is 5.65. The smallest absolute Gasteiger partial charge is 0.266 e. The molecule has 0 aliphatic carbocycles. The highest BCUT2D eigenvalue weighted by Gasteiger charge is 2.15. The second-order valence-electron chi connectivity index (χ2n) is 7.08. The number of aromatic nitrogens is 1. The van der Waals surface area contributed by atoms with Gasteiger partial charge < -0.3 is 9.88 Å². The summed E-state index contributed by atoms with van der Waals surface area (Å²) in [6, 6.07) is 15.6. The van der Waals surface area contributed by atoms with Crippen LogP contribution in [0.25, 0.3) is 11.8 Å². The second kappa shape index (κ2) is 8.15. The van der Waals surface area contributed by atoms with Gasteiger partial charge in [-0.15, -0.1) is 0 Å². The first-order chi connectivity index (χ1) is 13.8. The number of anilines is 1. The van der Waals surface area contributed by atoms with Gasteiger partial charge in [0.05, 0.1) is 0 Å². The summed E-state index contributed by atoms with van der Waals surface area (Å²) in [5.41, 5.74) is 6.57. The van der Waals surface area contributed by atoms with Gasteiger partial charge in [0, 0.05) is 22.8 Å². The molecule has 0 aliphatic heterocycles. The molecule has 4 nitrogen and oxygen atoms in total. The molecule has 1 heterocycles. The maximum absolute atomic E-state index is 13.0. The number of rotatable bonds is 4. The summed E-state index contributed by atoms with van der Waals surface area (Å²) in [4.78, 5) is 12.5. The fourth-order valence-corrected chi connectivity index (χ4v) is 3.40. The van der Waals surface area contributed by atoms with E-state index in [9.17, 15) is 14.4 Å². The van der Waals surface area contributed by atoms with Crippen LogP contribution in [0.3, 0.4) is 0 Å². The van der Waals surface area contributed by atoms with Crippen LogP contribution in [0.15, 0.2) is 54.1 Å². The number of carbonyl (C=O) groups excluding carboxylic acids is 1. The number of halogens is 1. The van der Waals surface area contributed by atoms with Crippen LogP contribution < -0.4 is 5.32 Å². The average Bonchev–Trinajstić information content (AvgIpc) is 2.95. The van der Waals surface area contributed by atoms with E-state index in [1.165, 1.54) is 29.8 Å². The number of hydrogen-bond acceptors (Lipinski definition) is 2. The zero-order valence-corrected chi connectivity index (χ0v) is 16.9. The van der Waals surface area contributed by atoms with Gasteiger partial charge in [-0.1, -0.05) is 17.7 Å². The van der Waals surface area contributed by atoms with Gasteiger partial charge >= 0.3 is 0 Å². The van der Waals surface area contributed by atoms with Crippen molar-refractivity contribution in [3.8, 4) is 11.8 Å². The van der Waals surface area contributed by atoms with Crippen molar-refractivity contribution < 1.29 is 9.18 Å². The Hall–Kier alpha value is -3.65. The minimum atomic E-state index is -0.532. The van der Waals surface area contributed by atoms with Crippen molar-refractivity contribution in [2.24, 2.45) is 0 Å². The lowest BCUT2D eigenvalue weighted by atomic mass is 10.1. The molecule has 0 aliphatic rings. The van der Waals surface area contributed by atoms with Crippen molar-refractivity contribution >= 4 is 17.7 Å². The van der Waals surface area contributed by atoms with Gasteiger partial charge in [-0.3, -0.25) is 4.79 Å². The SMILES string of the molecule is Cc1ccc(-n2c(C)cc(C=C(C#N)C(=O)Nc3ccc(F)cc3)c2C)c(C)c1. The van der Waals surface area contributed by atoms with Gasteiger partial charge in [0.2, 0.25) is 0 Å². The van der Waals surface area contributed by atoms with Crippen LogP contribution in [-0.2, 0) is 4.79 Å². The zero-order chi connectivity index (χ0) is 21.1. The van der Waals surface area contributed by atoms with E-state index in [2.05, 4.69) is 41.9 Å². The van der Waals surface area contributed by atoms with Crippen LogP contribution in [0.2, 0.25) is 0 Å². The third kappa shape index (κ3) is 4.27. The standard InChI is InChI=1S/C24H22FN3O/c1-15-5-10-23(16(2)11-15)28-17(3)12-19(18(28)4)13-20(14-26)24(29)27-22-8-6-21(25)7-9-22/h5-13H,1-4H3,(H,27,29). The Morgan fingerprint density at radius 2 is 1.76 bits per heavy atom. The van der Waals surface area contributed by atoms with Crippen molar-refractivity contribution in [3.05, 3.63) is 88.0 Å². The predicted molar refractivity (Wildman–Crippen MR) is 113 cm³/mol. The Bertz CT molecular complexity index is 1150. The summed E-state index contributed by atoms with van der Waals surface area (Å²) < 4.78 is 15.2. The minimum absolute atomic E-state index is 0.0183. The number of hydrogen-bond donors (Lipinski definition) is 1. The summed E-state index contributed by atoms with van der Waals surface area (Å²) in [6.07, 6.45) is 1.58. The van der Waals surface area contributed by atoms with Crippen molar-refractivity contribution in [3.63, 3.8) is 0 Å². The molecule has 29 heavy (non-hydrogen) atoms. The molecule has 0 saturated heterocycles. The molecule has 1 amide bonds. The molecule has 1 N–H and O–H groups in total. The highest BCUT2D eigenvalue weighted by atomic mass is 19.1. The van der Waals surface area contributed by atoms with Gasteiger partial charge in [0.15, 0.2) is 0 Å². The molecule has 0 bridgehead atoms. The maximum atomic E-state index is 13.0. The van der Waals surface area contributed by atoms with Crippen LogP contribution in [-0.4, -0.2) is 10.5 Å². The third-order valence-electron chi connectivity index (χ3n) is 4.83. The third-order valence-corrected chi connectivity index (χ3v) is 4.83. The van der Waals surface area contributed by atoms with Crippen molar-refractivity contribution in [2.75, 3.05) is 5.32 Å². The van der Waals surface area contributed by atoms with E-state index < -0.39 is 11.7 Å². The van der Waals surface area contributed by atoms with Crippen molar-refractivity contribution in [1.29, 1.82) is 5.26 Å². The lowest BCUT2D eigenvalue weighted by molar-refractivity contribution is -0.112. The molecule has 0 spiro atoms. The number of aryl methyl sites for hydroxylation is 3. The Morgan fingerprint density at radius 1 is 1.07 bits per heavy atom. The molecular formula is C24H22FN3O. The molecule has 3 rings (SSSR count). The number of nitrogens with zero attached hydrogens (tertiary/aromatic N) is 2. The van der Waals surface area contributed by atoms with E-state index in [0.29, 0.717) is 5.69 Å². The highest BCUT2D eigenvalue weighted by molar-refractivity contribution is 6.09. The van der Waals surface area contributed by atoms with Gasteiger partial charge in [0.25, 0.3) is 5.91 Å². The van der Waals surface area contributed by atoms with Gasteiger partial charge in [-0.05, 0) is 81.3 Å². The molecule has 0 fully saturated rings. The fourth-order valence-electron chi connectivity index (χ4n) is 3.40. The number of nitrogens with one attached hydrogen (secondary N) is 1. The molecule has 0 saturated carbocycles. The van der Waals surface area contributed by atoms with E-state index in [4.69, 9.17) is 0 Å². The maximum Gasteiger partial charge on any atom is 0.266 e.